The molecule has 0 bridgehead atoms. The predicted molar refractivity (Wildman–Crippen MR) is 80.3 cm³/mol. The molecule has 3 rings (SSSR count). The molecular weight excluding hydrogens is 309 g/mol. The van der Waals surface area contributed by atoms with Crippen LogP contribution in [0, 0.1) is 5.82 Å². The van der Waals surface area contributed by atoms with Crippen LogP contribution in [-0.4, -0.2) is 22.7 Å². The van der Waals surface area contributed by atoms with E-state index in [1.165, 1.54) is 12.3 Å². The second-order valence-corrected chi connectivity index (χ2v) is 5.01. The van der Waals surface area contributed by atoms with Gasteiger partial charge in [0.1, 0.15) is 5.82 Å². The number of rotatable bonds is 3. The van der Waals surface area contributed by atoms with Crippen molar-refractivity contribution in [3.05, 3.63) is 59.1 Å². The van der Waals surface area contributed by atoms with Crippen LogP contribution in [0.2, 0.25) is 5.15 Å². The fraction of sp³-hybridized carbons (Fsp3) is 0.133. The van der Waals surface area contributed by atoms with E-state index in [0.717, 1.165) is 0 Å². The van der Waals surface area contributed by atoms with E-state index in [4.69, 9.17) is 16.4 Å². The Bertz CT molecular complexity index is 751. The van der Waals surface area contributed by atoms with Gasteiger partial charge in [-0.3, -0.25) is 4.79 Å². The van der Waals surface area contributed by atoms with E-state index >= 15 is 0 Å². The van der Waals surface area contributed by atoms with Crippen molar-refractivity contribution in [2.24, 2.45) is 5.16 Å². The Morgan fingerprint density at radius 2 is 2.14 bits per heavy atom. The maximum Gasteiger partial charge on any atom is 0.268 e. The highest BCUT2D eigenvalue weighted by Crippen LogP contribution is 2.22. The van der Waals surface area contributed by atoms with Gasteiger partial charge in [0.2, 0.25) is 6.10 Å². The molecule has 1 aliphatic heterocycles. The molecule has 0 aliphatic carbocycles. The SMILES string of the molecule is O=C(Nc1cccnc1Cl)[C@@H]1CC(c2ccccc2F)=NO1. The molecule has 0 radical (unpaired) electrons. The molecule has 1 aliphatic rings. The minimum Gasteiger partial charge on any atom is -0.382 e. The van der Waals surface area contributed by atoms with Crippen LogP contribution in [0.4, 0.5) is 10.1 Å². The van der Waals surface area contributed by atoms with E-state index in [1.807, 2.05) is 0 Å². The second kappa shape index (κ2) is 6.11. The lowest BCUT2D eigenvalue weighted by atomic mass is 10.0. The van der Waals surface area contributed by atoms with Gasteiger partial charge in [-0.15, -0.1) is 0 Å². The molecule has 2 aromatic rings. The third-order valence-electron chi connectivity index (χ3n) is 3.16. The lowest BCUT2D eigenvalue weighted by Gasteiger charge is -2.10. The monoisotopic (exact) mass is 319 g/mol. The van der Waals surface area contributed by atoms with Gasteiger partial charge in [-0.05, 0) is 18.2 Å². The molecule has 22 heavy (non-hydrogen) atoms. The summed E-state index contributed by atoms with van der Waals surface area (Å²) in [7, 11) is 0. The Hall–Kier alpha value is -2.47. The van der Waals surface area contributed by atoms with Crippen molar-refractivity contribution < 1.29 is 14.0 Å². The summed E-state index contributed by atoms with van der Waals surface area (Å²) < 4.78 is 13.7. The number of nitrogens with one attached hydrogen (secondary N) is 1. The van der Waals surface area contributed by atoms with Crippen molar-refractivity contribution in [1.82, 2.24) is 4.98 Å². The second-order valence-electron chi connectivity index (χ2n) is 4.65. The quantitative estimate of drug-likeness (QED) is 0.885. The molecule has 5 nitrogen and oxygen atoms in total. The first-order valence-corrected chi connectivity index (χ1v) is 6.92. The summed E-state index contributed by atoms with van der Waals surface area (Å²) in [6, 6.07) is 9.49. The Kier molecular flexibility index (Phi) is 4.02. The van der Waals surface area contributed by atoms with E-state index in [0.29, 0.717) is 17.0 Å². The van der Waals surface area contributed by atoms with Gasteiger partial charge in [-0.25, -0.2) is 9.37 Å². The largest absolute Gasteiger partial charge is 0.382 e. The Morgan fingerprint density at radius 1 is 1.32 bits per heavy atom. The number of halogens is 2. The van der Waals surface area contributed by atoms with Crippen LogP contribution in [0.5, 0.6) is 0 Å². The van der Waals surface area contributed by atoms with Crippen LogP contribution >= 0.6 is 11.6 Å². The Labute approximate surface area is 130 Å². The number of amides is 1. The van der Waals surface area contributed by atoms with Gasteiger partial charge >= 0.3 is 0 Å². The molecule has 1 aromatic carbocycles. The maximum atomic E-state index is 13.7. The summed E-state index contributed by atoms with van der Waals surface area (Å²) in [4.78, 5) is 21.1. The molecule has 7 heteroatoms. The summed E-state index contributed by atoms with van der Waals surface area (Å²) in [5, 5.41) is 6.60. The lowest BCUT2D eigenvalue weighted by molar-refractivity contribution is -0.125. The number of carbonyl (C=O) groups is 1. The number of aromatic nitrogens is 1. The molecule has 0 fully saturated rings. The van der Waals surface area contributed by atoms with Gasteiger partial charge in [0.25, 0.3) is 5.91 Å². The number of carbonyl (C=O) groups excluding carboxylic acids is 1. The third-order valence-corrected chi connectivity index (χ3v) is 3.46. The number of oxime groups is 1. The number of hydrogen-bond donors (Lipinski definition) is 1. The lowest BCUT2D eigenvalue weighted by Crippen LogP contribution is -2.28. The normalized spacial score (nSPS) is 16.8. The zero-order valence-electron chi connectivity index (χ0n) is 11.3. The van der Waals surface area contributed by atoms with Crippen molar-refractivity contribution in [2.75, 3.05) is 5.32 Å². The van der Waals surface area contributed by atoms with Gasteiger partial charge in [0.15, 0.2) is 5.15 Å². The van der Waals surface area contributed by atoms with Crippen molar-refractivity contribution in [2.45, 2.75) is 12.5 Å². The molecule has 0 spiro atoms. The number of hydrogen-bond acceptors (Lipinski definition) is 4. The minimum absolute atomic E-state index is 0.184. The summed E-state index contributed by atoms with van der Waals surface area (Å²) in [6.45, 7) is 0. The first kappa shape index (κ1) is 14.5. The highest BCUT2D eigenvalue weighted by atomic mass is 35.5. The molecular formula is C15H11ClFN3O2. The standard InChI is InChI=1S/C15H11ClFN3O2/c16-14-11(6-3-7-18-14)19-15(21)13-8-12(20-22-13)9-4-1-2-5-10(9)17/h1-7,13H,8H2,(H,19,21)/t13-/m0/s1. The van der Waals surface area contributed by atoms with Gasteiger partial charge in [0, 0.05) is 18.2 Å². The van der Waals surface area contributed by atoms with Crippen molar-refractivity contribution in [3.8, 4) is 0 Å². The van der Waals surface area contributed by atoms with E-state index in [9.17, 15) is 9.18 Å². The van der Waals surface area contributed by atoms with E-state index < -0.39 is 17.8 Å². The number of anilines is 1. The Morgan fingerprint density at radius 3 is 2.91 bits per heavy atom. The molecule has 0 saturated heterocycles. The minimum atomic E-state index is -0.828. The summed E-state index contributed by atoms with van der Waals surface area (Å²) in [5.41, 5.74) is 1.12. The molecule has 1 amide bonds. The first-order valence-electron chi connectivity index (χ1n) is 6.54. The summed E-state index contributed by atoms with van der Waals surface area (Å²) >= 11 is 5.88. The van der Waals surface area contributed by atoms with Crippen LogP contribution < -0.4 is 5.32 Å². The van der Waals surface area contributed by atoms with Gasteiger partial charge < -0.3 is 10.2 Å². The molecule has 1 aromatic heterocycles. The average Bonchev–Trinajstić information content (AvgIpc) is 3.00. The van der Waals surface area contributed by atoms with E-state index in [1.54, 1.807) is 30.3 Å². The fourth-order valence-electron chi connectivity index (χ4n) is 2.06. The van der Waals surface area contributed by atoms with Crippen molar-refractivity contribution >= 4 is 28.9 Å². The predicted octanol–water partition coefficient (Wildman–Crippen LogP) is 3.01. The van der Waals surface area contributed by atoms with Gasteiger partial charge in [-0.1, -0.05) is 35.0 Å². The molecule has 1 N–H and O–H groups in total. The van der Waals surface area contributed by atoms with Crippen LogP contribution in [0.1, 0.15) is 12.0 Å². The highest BCUT2D eigenvalue weighted by molar-refractivity contribution is 6.32. The maximum absolute atomic E-state index is 13.7. The first-order chi connectivity index (χ1) is 10.6. The van der Waals surface area contributed by atoms with Gasteiger partial charge in [0.05, 0.1) is 11.4 Å². The van der Waals surface area contributed by atoms with E-state index in [2.05, 4.69) is 15.5 Å². The fourth-order valence-corrected chi connectivity index (χ4v) is 2.23. The molecule has 0 unspecified atom stereocenters. The molecule has 0 saturated carbocycles. The van der Waals surface area contributed by atoms with Gasteiger partial charge in [-0.2, -0.15) is 0 Å². The zero-order valence-corrected chi connectivity index (χ0v) is 12.0. The van der Waals surface area contributed by atoms with Crippen LogP contribution in [0.3, 0.4) is 0 Å². The van der Waals surface area contributed by atoms with Crippen LogP contribution in [0.15, 0.2) is 47.8 Å². The summed E-state index contributed by atoms with van der Waals surface area (Å²) in [6.07, 6.45) is 0.875. The number of benzene rings is 1. The topological polar surface area (TPSA) is 63.6 Å². The van der Waals surface area contributed by atoms with Crippen molar-refractivity contribution in [3.63, 3.8) is 0 Å². The Balaban J connectivity index is 1.68. The van der Waals surface area contributed by atoms with Crippen molar-refractivity contribution in [1.29, 1.82) is 0 Å². The number of pyridine rings is 1. The molecule has 1 atom stereocenters. The van der Waals surface area contributed by atoms with E-state index in [-0.39, 0.29) is 11.6 Å². The zero-order chi connectivity index (χ0) is 15.5. The molecule has 112 valence electrons. The molecule has 2 heterocycles. The highest BCUT2D eigenvalue weighted by Gasteiger charge is 2.30. The number of nitrogens with zero attached hydrogens (tertiary/aromatic N) is 2. The van der Waals surface area contributed by atoms with Crippen LogP contribution in [0.25, 0.3) is 0 Å². The summed E-state index contributed by atoms with van der Waals surface area (Å²) in [5.74, 6) is -0.814. The average molecular weight is 320 g/mol. The third kappa shape index (κ3) is 2.92. The smallest absolute Gasteiger partial charge is 0.268 e. The van der Waals surface area contributed by atoms with Crippen LogP contribution in [-0.2, 0) is 9.63 Å².